The van der Waals surface area contributed by atoms with Gasteiger partial charge >= 0.3 is 0 Å². The maximum Gasteiger partial charge on any atom is 0.273 e. The van der Waals surface area contributed by atoms with E-state index in [-0.39, 0.29) is 12.0 Å². The van der Waals surface area contributed by atoms with Crippen molar-refractivity contribution in [1.29, 1.82) is 0 Å². The van der Waals surface area contributed by atoms with E-state index < -0.39 is 0 Å². The van der Waals surface area contributed by atoms with Gasteiger partial charge in [-0.1, -0.05) is 30.3 Å². The van der Waals surface area contributed by atoms with Crippen molar-refractivity contribution in [2.24, 2.45) is 0 Å². The summed E-state index contributed by atoms with van der Waals surface area (Å²) < 4.78 is 7.75. The highest BCUT2D eigenvalue weighted by atomic mass is 32.1. The monoisotopic (exact) mass is 382 g/mol. The van der Waals surface area contributed by atoms with Gasteiger partial charge in [0.2, 0.25) is 0 Å². The van der Waals surface area contributed by atoms with Crippen LogP contribution in [0.1, 0.15) is 27.5 Å². The van der Waals surface area contributed by atoms with Gasteiger partial charge in [-0.3, -0.25) is 9.48 Å². The number of hydrogen-bond donors (Lipinski definition) is 0. The molecule has 1 saturated heterocycles. The average Bonchev–Trinajstić information content (AvgIpc) is 3.31. The molecule has 2 aromatic heterocycles. The second-order valence-corrected chi connectivity index (χ2v) is 7.56. The molecule has 1 aliphatic heterocycles. The fraction of sp³-hybridized carbons (Fsp3) is 0.350. The third kappa shape index (κ3) is 4.61. The molecule has 1 unspecified atom stereocenters. The highest BCUT2D eigenvalue weighted by Gasteiger charge is 2.25. The van der Waals surface area contributed by atoms with Crippen LogP contribution in [-0.4, -0.2) is 51.4 Å². The van der Waals surface area contributed by atoms with Crippen LogP contribution in [0, 0.1) is 0 Å². The van der Waals surface area contributed by atoms with Crippen molar-refractivity contribution in [3.05, 3.63) is 70.4 Å². The minimum atomic E-state index is -0.0567. The van der Waals surface area contributed by atoms with Gasteiger partial charge in [-0.25, -0.2) is 4.98 Å². The number of aromatic nitrogens is 3. The summed E-state index contributed by atoms with van der Waals surface area (Å²) in [5, 5.41) is 7.07. The molecule has 1 atom stereocenters. The maximum atomic E-state index is 13.0. The summed E-state index contributed by atoms with van der Waals surface area (Å²) in [5.41, 5.74) is 1.74. The molecule has 0 saturated carbocycles. The van der Waals surface area contributed by atoms with Crippen LogP contribution in [0.4, 0.5) is 0 Å². The first kappa shape index (κ1) is 17.9. The van der Waals surface area contributed by atoms with Crippen molar-refractivity contribution in [2.75, 3.05) is 19.7 Å². The number of carbonyl (C=O) groups excluding carboxylic acids is 1. The Kier molecular flexibility index (Phi) is 5.60. The topological polar surface area (TPSA) is 60.3 Å². The normalized spacial score (nSPS) is 17.6. The standard InChI is InChI=1S/C20H22N4O2S/c25-20(18-15-27-19(22-18)12-16-6-2-1-3-7-16)23-9-5-11-26-17(13-23)14-24-10-4-8-21-24/h1-4,6-8,10,15,17H,5,9,11-14H2. The molecule has 3 aromatic rings. The molecule has 1 aromatic carbocycles. The highest BCUT2D eigenvalue weighted by Crippen LogP contribution is 2.18. The number of nitrogens with zero attached hydrogens (tertiary/aromatic N) is 4. The van der Waals surface area contributed by atoms with E-state index >= 15 is 0 Å². The fourth-order valence-electron chi connectivity index (χ4n) is 3.23. The molecule has 0 bridgehead atoms. The molecule has 140 valence electrons. The number of thiazole rings is 1. The lowest BCUT2D eigenvalue weighted by Gasteiger charge is -2.23. The predicted octanol–water partition coefficient (Wildman–Crippen LogP) is 2.86. The Labute approximate surface area is 162 Å². The summed E-state index contributed by atoms with van der Waals surface area (Å²) >= 11 is 1.54. The Balaban J connectivity index is 1.42. The van der Waals surface area contributed by atoms with Gasteiger partial charge < -0.3 is 9.64 Å². The van der Waals surface area contributed by atoms with Crippen LogP contribution in [0.15, 0.2) is 54.2 Å². The van der Waals surface area contributed by atoms with E-state index in [1.165, 1.54) is 5.56 Å². The molecule has 0 aliphatic carbocycles. The summed E-state index contributed by atoms with van der Waals surface area (Å²) in [4.78, 5) is 19.4. The summed E-state index contributed by atoms with van der Waals surface area (Å²) in [6.45, 7) is 2.56. The van der Waals surface area contributed by atoms with Crippen molar-refractivity contribution in [3.63, 3.8) is 0 Å². The summed E-state index contributed by atoms with van der Waals surface area (Å²) in [6, 6.07) is 12.1. The van der Waals surface area contributed by atoms with E-state index in [4.69, 9.17) is 4.74 Å². The van der Waals surface area contributed by atoms with E-state index in [1.54, 1.807) is 17.5 Å². The highest BCUT2D eigenvalue weighted by molar-refractivity contribution is 7.09. The van der Waals surface area contributed by atoms with E-state index in [1.807, 2.05) is 45.4 Å². The van der Waals surface area contributed by atoms with Crippen molar-refractivity contribution in [1.82, 2.24) is 19.7 Å². The Morgan fingerprint density at radius 2 is 2.15 bits per heavy atom. The van der Waals surface area contributed by atoms with Gasteiger partial charge in [0.05, 0.1) is 17.7 Å². The van der Waals surface area contributed by atoms with Crippen molar-refractivity contribution in [3.8, 4) is 0 Å². The molecule has 3 heterocycles. The summed E-state index contributed by atoms with van der Waals surface area (Å²) in [5.74, 6) is -0.0125. The number of ether oxygens (including phenoxy) is 1. The lowest BCUT2D eigenvalue weighted by atomic mass is 10.2. The predicted molar refractivity (Wildman–Crippen MR) is 104 cm³/mol. The number of carbonyl (C=O) groups is 1. The van der Waals surface area contributed by atoms with Crippen molar-refractivity contribution >= 4 is 17.2 Å². The van der Waals surface area contributed by atoms with Crippen LogP contribution < -0.4 is 0 Å². The van der Waals surface area contributed by atoms with Crippen LogP contribution in [-0.2, 0) is 17.7 Å². The maximum absolute atomic E-state index is 13.0. The molecule has 1 amide bonds. The van der Waals surface area contributed by atoms with Crippen LogP contribution in [0.5, 0.6) is 0 Å². The first-order valence-corrected chi connectivity index (χ1v) is 10.0. The van der Waals surface area contributed by atoms with Gasteiger partial charge in [-0.2, -0.15) is 5.10 Å². The fourth-order valence-corrected chi connectivity index (χ4v) is 4.03. The van der Waals surface area contributed by atoms with E-state index in [9.17, 15) is 4.79 Å². The van der Waals surface area contributed by atoms with Gasteiger partial charge in [0, 0.05) is 43.9 Å². The first-order chi connectivity index (χ1) is 13.3. The number of benzene rings is 1. The molecule has 0 radical (unpaired) electrons. The molecule has 6 nitrogen and oxygen atoms in total. The second kappa shape index (κ2) is 8.45. The molecule has 0 N–H and O–H groups in total. The SMILES string of the molecule is O=C(c1csc(Cc2ccccc2)n1)N1CCCOC(Cn2cccn2)C1. The van der Waals surface area contributed by atoms with Crippen LogP contribution in [0.2, 0.25) is 0 Å². The minimum absolute atomic E-state index is 0.0125. The quantitative estimate of drug-likeness (QED) is 0.681. The van der Waals surface area contributed by atoms with Gasteiger partial charge in [0.25, 0.3) is 5.91 Å². The van der Waals surface area contributed by atoms with Gasteiger partial charge in [0.15, 0.2) is 0 Å². The lowest BCUT2D eigenvalue weighted by Crippen LogP contribution is -2.38. The second-order valence-electron chi connectivity index (χ2n) is 6.61. The first-order valence-electron chi connectivity index (χ1n) is 9.14. The Morgan fingerprint density at radius 3 is 2.96 bits per heavy atom. The third-order valence-corrected chi connectivity index (χ3v) is 5.40. The third-order valence-electron chi connectivity index (χ3n) is 4.56. The lowest BCUT2D eigenvalue weighted by molar-refractivity contribution is 0.0366. The van der Waals surface area contributed by atoms with Crippen molar-refractivity contribution in [2.45, 2.75) is 25.5 Å². The van der Waals surface area contributed by atoms with Crippen molar-refractivity contribution < 1.29 is 9.53 Å². The molecular formula is C20H22N4O2S. The van der Waals surface area contributed by atoms with Gasteiger partial charge in [-0.15, -0.1) is 11.3 Å². The zero-order valence-corrected chi connectivity index (χ0v) is 15.8. The van der Waals surface area contributed by atoms with E-state index in [2.05, 4.69) is 22.2 Å². The Bertz CT molecular complexity index is 863. The number of amides is 1. The molecule has 4 rings (SSSR count). The zero-order valence-electron chi connectivity index (χ0n) is 15.0. The minimum Gasteiger partial charge on any atom is -0.374 e. The molecule has 1 fully saturated rings. The number of hydrogen-bond acceptors (Lipinski definition) is 5. The zero-order chi connectivity index (χ0) is 18.5. The molecule has 0 spiro atoms. The van der Waals surface area contributed by atoms with E-state index in [0.29, 0.717) is 31.9 Å². The molecular weight excluding hydrogens is 360 g/mol. The average molecular weight is 382 g/mol. The molecule has 1 aliphatic rings. The summed E-state index contributed by atoms with van der Waals surface area (Å²) in [7, 11) is 0. The number of rotatable bonds is 5. The van der Waals surface area contributed by atoms with E-state index in [0.717, 1.165) is 17.8 Å². The molecule has 7 heteroatoms. The smallest absolute Gasteiger partial charge is 0.273 e. The van der Waals surface area contributed by atoms with Gasteiger partial charge in [0.1, 0.15) is 5.69 Å². The summed E-state index contributed by atoms with van der Waals surface area (Å²) in [6.07, 6.45) is 5.20. The van der Waals surface area contributed by atoms with Crippen LogP contribution in [0.3, 0.4) is 0 Å². The Morgan fingerprint density at radius 1 is 1.26 bits per heavy atom. The van der Waals surface area contributed by atoms with Crippen LogP contribution in [0.25, 0.3) is 0 Å². The Hall–Kier alpha value is -2.51. The van der Waals surface area contributed by atoms with Crippen LogP contribution >= 0.6 is 11.3 Å². The van der Waals surface area contributed by atoms with Gasteiger partial charge in [-0.05, 0) is 18.1 Å². The molecule has 27 heavy (non-hydrogen) atoms. The largest absolute Gasteiger partial charge is 0.374 e.